The molecular formula is C11H12N2O2. The molecule has 0 spiro atoms. The molecule has 1 unspecified atom stereocenters. The fourth-order valence-electron chi connectivity index (χ4n) is 1.48. The van der Waals surface area contributed by atoms with Crippen LogP contribution in [0.15, 0.2) is 18.3 Å². The number of ether oxygens (including phenoxy) is 2. The Hall–Kier alpha value is -1.60. The molecule has 78 valence electrons. The topological polar surface area (TPSA) is 55.1 Å². The maximum atomic E-state index is 8.69. The van der Waals surface area contributed by atoms with Crippen LogP contribution in [0.5, 0.6) is 5.88 Å². The van der Waals surface area contributed by atoms with Crippen LogP contribution in [-0.2, 0) is 4.74 Å². The van der Waals surface area contributed by atoms with E-state index in [2.05, 4.69) is 11.1 Å². The first-order valence-corrected chi connectivity index (χ1v) is 4.95. The van der Waals surface area contributed by atoms with Gasteiger partial charge in [-0.3, -0.25) is 0 Å². The van der Waals surface area contributed by atoms with E-state index < -0.39 is 0 Å². The van der Waals surface area contributed by atoms with Gasteiger partial charge in [0.1, 0.15) is 0 Å². The molecule has 4 nitrogen and oxygen atoms in total. The normalized spacial score (nSPS) is 19.8. The van der Waals surface area contributed by atoms with E-state index >= 15 is 0 Å². The zero-order valence-electron chi connectivity index (χ0n) is 8.35. The van der Waals surface area contributed by atoms with Crippen molar-refractivity contribution in [2.45, 2.75) is 6.42 Å². The fraction of sp³-hybridized carbons (Fsp3) is 0.455. The van der Waals surface area contributed by atoms with Gasteiger partial charge in [-0.05, 0) is 12.5 Å². The van der Waals surface area contributed by atoms with E-state index in [-0.39, 0.29) is 0 Å². The highest BCUT2D eigenvalue weighted by Gasteiger charge is 2.16. The highest BCUT2D eigenvalue weighted by molar-refractivity contribution is 5.31. The van der Waals surface area contributed by atoms with Crippen molar-refractivity contribution in [3.8, 4) is 11.9 Å². The van der Waals surface area contributed by atoms with E-state index in [1.165, 1.54) is 0 Å². The maximum Gasteiger partial charge on any atom is 0.214 e. The van der Waals surface area contributed by atoms with Crippen LogP contribution in [0.2, 0.25) is 0 Å². The molecule has 1 atom stereocenters. The summed E-state index contributed by atoms with van der Waals surface area (Å²) < 4.78 is 10.7. The van der Waals surface area contributed by atoms with Crippen molar-refractivity contribution in [2.75, 3.05) is 19.8 Å². The summed E-state index contributed by atoms with van der Waals surface area (Å²) in [5, 5.41) is 8.69. The molecule has 0 radical (unpaired) electrons. The number of pyridine rings is 1. The van der Waals surface area contributed by atoms with E-state index in [4.69, 9.17) is 14.7 Å². The minimum Gasteiger partial charge on any atom is -0.477 e. The smallest absolute Gasteiger partial charge is 0.214 e. The summed E-state index contributed by atoms with van der Waals surface area (Å²) in [5.74, 6) is 0.971. The standard InChI is InChI=1S/C11H12N2O2/c12-6-9-1-3-13-11(5-9)15-8-10-2-4-14-7-10/h1,3,5,10H,2,4,7-8H2. The van der Waals surface area contributed by atoms with Gasteiger partial charge in [-0.15, -0.1) is 0 Å². The second kappa shape index (κ2) is 4.76. The third kappa shape index (κ3) is 2.67. The van der Waals surface area contributed by atoms with Crippen LogP contribution >= 0.6 is 0 Å². The summed E-state index contributed by atoms with van der Waals surface area (Å²) in [7, 11) is 0. The Morgan fingerprint density at radius 3 is 3.33 bits per heavy atom. The Bertz CT molecular complexity index is 367. The fourth-order valence-corrected chi connectivity index (χ4v) is 1.48. The first kappa shape index (κ1) is 9.94. The van der Waals surface area contributed by atoms with Crippen LogP contribution in [0.3, 0.4) is 0 Å². The molecule has 0 aromatic carbocycles. The summed E-state index contributed by atoms with van der Waals surface area (Å²) >= 11 is 0. The Morgan fingerprint density at radius 1 is 1.67 bits per heavy atom. The predicted molar refractivity (Wildman–Crippen MR) is 53.4 cm³/mol. The molecule has 2 heterocycles. The lowest BCUT2D eigenvalue weighted by Gasteiger charge is -2.08. The van der Waals surface area contributed by atoms with Crippen LogP contribution in [0.1, 0.15) is 12.0 Å². The zero-order chi connectivity index (χ0) is 10.5. The van der Waals surface area contributed by atoms with E-state index in [0.717, 1.165) is 19.6 Å². The Morgan fingerprint density at radius 2 is 2.60 bits per heavy atom. The highest BCUT2D eigenvalue weighted by atomic mass is 16.5. The summed E-state index contributed by atoms with van der Waals surface area (Å²) in [5.41, 5.74) is 0.572. The Labute approximate surface area is 88.5 Å². The number of nitriles is 1. The molecular weight excluding hydrogens is 192 g/mol. The number of rotatable bonds is 3. The Balaban J connectivity index is 1.90. The van der Waals surface area contributed by atoms with Crippen LogP contribution in [0, 0.1) is 17.2 Å². The van der Waals surface area contributed by atoms with E-state index in [1.54, 1.807) is 18.3 Å². The highest BCUT2D eigenvalue weighted by Crippen LogP contribution is 2.15. The lowest BCUT2D eigenvalue weighted by molar-refractivity contribution is 0.165. The predicted octanol–water partition coefficient (Wildman–Crippen LogP) is 1.37. The summed E-state index contributed by atoms with van der Waals surface area (Å²) in [6, 6.07) is 5.36. The minimum absolute atomic E-state index is 0.456. The monoisotopic (exact) mass is 204 g/mol. The van der Waals surface area contributed by atoms with Crippen molar-refractivity contribution in [2.24, 2.45) is 5.92 Å². The van der Waals surface area contributed by atoms with Crippen LogP contribution in [-0.4, -0.2) is 24.8 Å². The van der Waals surface area contributed by atoms with Crippen molar-refractivity contribution < 1.29 is 9.47 Å². The molecule has 0 amide bonds. The maximum absolute atomic E-state index is 8.69. The second-order valence-corrected chi connectivity index (χ2v) is 3.54. The van der Waals surface area contributed by atoms with Gasteiger partial charge in [-0.1, -0.05) is 0 Å². The average molecular weight is 204 g/mol. The largest absolute Gasteiger partial charge is 0.477 e. The number of nitrogens with zero attached hydrogens (tertiary/aromatic N) is 2. The molecule has 2 rings (SSSR count). The number of aromatic nitrogens is 1. The molecule has 1 aromatic heterocycles. The first-order chi connectivity index (χ1) is 7.38. The Kier molecular flexibility index (Phi) is 3.15. The van der Waals surface area contributed by atoms with E-state index in [1.807, 2.05) is 0 Å². The molecule has 0 N–H and O–H groups in total. The van der Waals surface area contributed by atoms with Gasteiger partial charge < -0.3 is 9.47 Å². The van der Waals surface area contributed by atoms with Gasteiger partial charge in [0.05, 0.1) is 24.8 Å². The second-order valence-electron chi connectivity index (χ2n) is 3.54. The van der Waals surface area contributed by atoms with Crippen molar-refractivity contribution in [1.82, 2.24) is 4.98 Å². The summed E-state index contributed by atoms with van der Waals surface area (Å²) in [4.78, 5) is 4.03. The van der Waals surface area contributed by atoms with Gasteiger partial charge in [-0.25, -0.2) is 4.98 Å². The molecule has 1 aromatic rings. The molecule has 1 saturated heterocycles. The quantitative estimate of drug-likeness (QED) is 0.746. The summed E-state index contributed by atoms with van der Waals surface area (Å²) in [6.07, 6.45) is 2.62. The molecule has 15 heavy (non-hydrogen) atoms. The molecule has 0 saturated carbocycles. The molecule has 0 aliphatic carbocycles. The van der Waals surface area contributed by atoms with Crippen LogP contribution in [0.25, 0.3) is 0 Å². The minimum atomic E-state index is 0.456. The van der Waals surface area contributed by atoms with E-state index in [9.17, 15) is 0 Å². The van der Waals surface area contributed by atoms with Crippen LogP contribution < -0.4 is 4.74 Å². The van der Waals surface area contributed by atoms with Gasteiger partial charge in [0, 0.05) is 24.8 Å². The van der Waals surface area contributed by atoms with Gasteiger partial charge in [0.2, 0.25) is 5.88 Å². The molecule has 4 heteroatoms. The first-order valence-electron chi connectivity index (χ1n) is 4.95. The van der Waals surface area contributed by atoms with Crippen molar-refractivity contribution in [3.63, 3.8) is 0 Å². The van der Waals surface area contributed by atoms with E-state index in [0.29, 0.717) is 24.0 Å². The lowest BCUT2D eigenvalue weighted by Crippen LogP contribution is -2.12. The number of hydrogen-bond acceptors (Lipinski definition) is 4. The van der Waals surface area contributed by atoms with Crippen molar-refractivity contribution >= 4 is 0 Å². The van der Waals surface area contributed by atoms with Crippen molar-refractivity contribution in [3.05, 3.63) is 23.9 Å². The van der Waals surface area contributed by atoms with Gasteiger partial charge in [-0.2, -0.15) is 5.26 Å². The van der Waals surface area contributed by atoms with Gasteiger partial charge in [0.15, 0.2) is 0 Å². The third-order valence-corrected chi connectivity index (χ3v) is 2.35. The molecule has 1 aliphatic rings. The van der Waals surface area contributed by atoms with Crippen LogP contribution in [0.4, 0.5) is 0 Å². The lowest BCUT2D eigenvalue weighted by atomic mass is 10.1. The summed E-state index contributed by atoms with van der Waals surface area (Å²) in [6.45, 7) is 2.19. The van der Waals surface area contributed by atoms with Gasteiger partial charge in [0.25, 0.3) is 0 Å². The molecule has 0 bridgehead atoms. The zero-order valence-corrected chi connectivity index (χ0v) is 8.35. The molecule has 1 fully saturated rings. The third-order valence-electron chi connectivity index (χ3n) is 2.35. The average Bonchev–Trinajstić information content (AvgIpc) is 2.79. The molecule has 1 aliphatic heterocycles. The number of hydrogen-bond donors (Lipinski definition) is 0. The SMILES string of the molecule is N#Cc1ccnc(OCC2CCOC2)c1. The van der Waals surface area contributed by atoms with Gasteiger partial charge >= 0.3 is 0 Å². The van der Waals surface area contributed by atoms with Crippen molar-refractivity contribution in [1.29, 1.82) is 5.26 Å².